The predicted octanol–water partition coefficient (Wildman–Crippen LogP) is 2.02. The number of esters is 1. The maximum absolute atomic E-state index is 12.7. The van der Waals surface area contributed by atoms with Crippen molar-refractivity contribution >= 4 is 22.4 Å². The van der Waals surface area contributed by atoms with Crippen molar-refractivity contribution in [3.05, 3.63) is 10.2 Å². The molecular weight excluding hydrogens is 332 g/mol. The lowest BCUT2D eigenvalue weighted by Gasteiger charge is -2.39. The average molecular weight is 358 g/mol. The number of aromatic nitrogens is 2. The SMILES string of the molecule is CC(=O)OC1N(C)CC[N+]1([O-])c1nnc(C)s1.CC1CCCCO1. The van der Waals surface area contributed by atoms with Crippen molar-refractivity contribution in [2.24, 2.45) is 0 Å². The molecule has 3 unspecified atom stereocenters. The van der Waals surface area contributed by atoms with E-state index in [1.165, 1.54) is 37.5 Å². The number of nitrogens with zero attached hydrogens (tertiary/aromatic N) is 4. The summed E-state index contributed by atoms with van der Waals surface area (Å²) in [4.78, 5) is 12.8. The molecule has 0 saturated carbocycles. The van der Waals surface area contributed by atoms with E-state index in [1.54, 1.807) is 18.9 Å². The molecule has 0 bridgehead atoms. The molecule has 2 aliphatic heterocycles. The molecule has 0 radical (unpaired) electrons. The molecule has 0 aromatic carbocycles. The summed E-state index contributed by atoms with van der Waals surface area (Å²) in [7, 11) is 1.75. The summed E-state index contributed by atoms with van der Waals surface area (Å²) < 4.78 is 9.60. The second kappa shape index (κ2) is 8.30. The number of likely N-dealkylation sites (N-methyl/N-ethyl adjacent to an activating group) is 1. The predicted molar refractivity (Wildman–Crippen MR) is 92.1 cm³/mol. The molecule has 2 fully saturated rings. The fourth-order valence-corrected chi connectivity index (χ4v) is 3.46. The lowest BCUT2D eigenvalue weighted by atomic mass is 10.1. The van der Waals surface area contributed by atoms with Gasteiger partial charge in [0.2, 0.25) is 0 Å². The third-order valence-electron chi connectivity index (χ3n) is 4.04. The standard InChI is InChI=1S/C9H14N4O3S.C6H12O/c1-6-10-11-8(17-6)13(15)5-4-12(3)9(13)16-7(2)14;1-6-4-2-3-5-7-6/h9H,4-5H2,1-3H3;6H,2-5H2,1H3. The molecule has 0 amide bonds. The van der Waals surface area contributed by atoms with E-state index < -0.39 is 17.0 Å². The summed E-state index contributed by atoms with van der Waals surface area (Å²) in [5.41, 5.74) is 0. The van der Waals surface area contributed by atoms with E-state index in [1.807, 2.05) is 0 Å². The van der Waals surface area contributed by atoms with E-state index in [0.717, 1.165) is 11.6 Å². The number of ether oxygens (including phenoxy) is 2. The highest BCUT2D eigenvalue weighted by Gasteiger charge is 2.45. The van der Waals surface area contributed by atoms with Crippen LogP contribution in [0.15, 0.2) is 0 Å². The van der Waals surface area contributed by atoms with Gasteiger partial charge in [-0.2, -0.15) is 0 Å². The Morgan fingerprint density at radius 2 is 2.21 bits per heavy atom. The minimum Gasteiger partial charge on any atom is -0.622 e. The van der Waals surface area contributed by atoms with Crippen LogP contribution < -0.4 is 4.65 Å². The van der Waals surface area contributed by atoms with Crippen molar-refractivity contribution in [2.75, 3.05) is 26.7 Å². The fraction of sp³-hybridized carbons (Fsp3) is 0.800. The number of hydroxylamine groups is 2. The van der Waals surface area contributed by atoms with Gasteiger partial charge in [-0.3, -0.25) is 9.44 Å². The van der Waals surface area contributed by atoms with E-state index in [0.29, 0.717) is 24.3 Å². The second-order valence-corrected chi connectivity index (χ2v) is 7.38. The van der Waals surface area contributed by atoms with Crippen LogP contribution >= 0.6 is 11.3 Å². The molecule has 0 N–H and O–H groups in total. The molecule has 8 nitrogen and oxygen atoms in total. The number of hydrogen-bond acceptors (Lipinski definition) is 8. The minimum atomic E-state index is -0.861. The van der Waals surface area contributed by atoms with Crippen molar-refractivity contribution in [2.45, 2.75) is 52.5 Å². The monoisotopic (exact) mass is 358 g/mol. The Morgan fingerprint density at radius 1 is 1.46 bits per heavy atom. The molecule has 24 heavy (non-hydrogen) atoms. The molecule has 0 aliphatic carbocycles. The van der Waals surface area contributed by atoms with Crippen LogP contribution in [0.2, 0.25) is 0 Å². The molecular formula is C15H26N4O4S. The highest BCUT2D eigenvalue weighted by Crippen LogP contribution is 2.33. The zero-order valence-electron chi connectivity index (χ0n) is 14.7. The van der Waals surface area contributed by atoms with Gasteiger partial charge in [0.25, 0.3) is 0 Å². The van der Waals surface area contributed by atoms with Gasteiger partial charge in [0.1, 0.15) is 11.6 Å². The molecule has 2 saturated heterocycles. The second-order valence-electron chi connectivity index (χ2n) is 6.22. The first kappa shape index (κ1) is 19.2. The number of carbonyl (C=O) groups excluding carboxylic acids is 1. The van der Waals surface area contributed by atoms with Gasteiger partial charge in [0.15, 0.2) is 0 Å². The van der Waals surface area contributed by atoms with Gasteiger partial charge in [0, 0.05) is 13.5 Å². The van der Waals surface area contributed by atoms with Gasteiger partial charge in [-0.05, 0) is 51.5 Å². The van der Waals surface area contributed by atoms with Gasteiger partial charge >= 0.3 is 17.5 Å². The number of aryl methyl sites for hydroxylation is 1. The van der Waals surface area contributed by atoms with Crippen molar-refractivity contribution in [1.82, 2.24) is 19.7 Å². The molecule has 2 aliphatic rings. The van der Waals surface area contributed by atoms with Crippen molar-refractivity contribution in [3.63, 3.8) is 0 Å². The van der Waals surface area contributed by atoms with Crippen molar-refractivity contribution in [1.29, 1.82) is 0 Å². The molecule has 3 heterocycles. The first-order chi connectivity index (χ1) is 11.3. The van der Waals surface area contributed by atoms with Crippen LogP contribution in [-0.2, 0) is 14.3 Å². The zero-order valence-corrected chi connectivity index (χ0v) is 15.5. The highest BCUT2D eigenvalue weighted by molar-refractivity contribution is 7.15. The van der Waals surface area contributed by atoms with Crippen LogP contribution in [0, 0.1) is 12.1 Å². The van der Waals surface area contributed by atoms with Crippen LogP contribution in [0.1, 0.15) is 38.1 Å². The van der Waals surface area contributed by atoms with Gasteiger partial charge in [0.05, 0.1) is 12.6 Å². The normalized spacial score (nSPS) is 30.5. The lowest BCUT2D eigenvalue weighted by Crippen LogP contribution is -2.53. The van der Waals surface area contributed by atoms with E-state index >= 15 is 0 Å². The third kappa shape index (κ3) is 4.70. The van der Waals surface area contributed by atoms with Gasteiger partial charge in [-0.15, -0.1) is 5.10 Å². The van der Waals surface area contributed by atoms with Crippen LogP contribution in [0.5, 0.6) is 0 Å². The maximum Gasteiger partial charge on any atom is 0.310 e. The number of rotatable bonds is 2. The van der Waals surface area contributed by atoms with Gasteiger partial charge < -0.3 is 14.7 Å². The van der Waals surface area contributed by atoms with Crippen LogP contribution in [-0.4, -0.2) is 60.3 Å². The molecule has 3 rings (SSSR count). The number of carbonyl (C=O) groups is 1. The van der Waals surface area contributed by atoms with E-state index in [9.17, 15) is 10.0 Å². The summed E-state index contributed by atoms with van der Waals surface area (Å²) in [6.45, 7) is 7.07. The fourth-order valence-electron chi connectivity index (χ4n) is 2.70. The third-order valence-corrected chi connectivity index (χ3v) is 4.99. The summed E-state index contributed by atoms with van der Waals surface area (Å²) in [5.74, 6) is -0.469. The topological polar surface area (TPSA) is 87.6 Å². The molecule has 136 valence electrons. The number of hydrogen-bond donors (Lipinski definition) is 0. The maximum atomic E-state index is 12.7. The molecule has 1 aromatic rings. The Balaban J connectivity index is 0.000000249. The van der Waals surface area contributed by atoms with Crippen molar-refractivity contribution < 1.29 is 14.3 Å². The van der Waals surface area contributed by atoms with E-state index in [4.69, 9.17) is 9.47 Å². The largest absolute Gasteiger partial charge is 0.622 e. The first-order valence-corrected chi connectivity index (χ1v) is 9.03. The zero-order chi connectivity index (χ0) is 17.7. The quantitative estimate of drug-likeness (QED) is 0.454. The van der Waals surface area contributed by atoms with E-state index in [2.05, 4.69) is 17.1 Å². The summed E-state index contributed by atoms with van der Waals surface area (Å²) in [5, 5.41) is 21.5. The Bertz CT molecular complexity index is 549. The van der Waals surface area contributed by atoms with Crippen molar-refractivity contribution in [3.8, 4) is 0 Å². The summed E-state index contributed by atoms with van der Waals surface area (Å²) in [6, 6.07) is 0. The Hall–Kier alpha value is -1.13. The Morgan fingerprint density at radius 3 is 2.67 bits per heavy atom. The number of quaternary nitrogens is 1. The van der Waals surface area contributed by atoms with E-state index in [-0.39, 0.29) is 0 Å². The Kier molecular flexibility index (Phi) is 6.64. The lowest BCUT2D eigenvalue weighted by molar-refractivity contribution is -0.161. The van der Waals surface area contributed by atoms with Gasteiger partial charge in [-0.1, -0.05) is 5.10 Å². The molecule has 1 aromatic heterocycles. The Labute approximate surface area is 146 Å². The smallest absolute Gasteiger partial charge is 0.310 e. The molecule has 9 heteroatoms. The molecule has 3 atom stereocenters. The van der Waals surface area contributed by atoms with Crippen LogP contribution in [0.3, 0.4) is 0 Å². The summed E-state index contributed by atoms with van der Waals surface area (Å²) >= 11 is 1.24. The molecule has 0 spiro atoms. The summed E-state index contributed by atoms with van der Waals surface area (Å²) in [6.07, 6.45) is 3.57. The average Bonchev–Trinajstić information content (AvgIpc) is 3.08. The van der Waals surface area contributed by atoms with Gasteiger partial charge in [-0.25, -0.2) is 4.90 Å². The first-order valence-electron chi connectivity index (χ1n) is 8.21. The minimum absolute atomic E-state index is 0.309. The van der Waals surface area contributed by atoms with Crippen LogP contribution in [0.25, 0.3) is 0 Å². The highest BCUT2D eigenvalue weighted by atomic mass is 32.1. The van der Waals surface area contributed by atoms with Crippen LogP contribution in [0.4, 0.5) is 5.13 Å².